The van der Waals surface area contributed by atoms with Crippen LogP contribution in [0.15, 0.2) is 24.3 Å². The number of methoxy groups -OCH3 is 1. The van der Waals surface area contributed by atoms with Gasteiger partial charge in [-0.3, -0.25) is 9.59 Å². The lowest BCUT2D eigenvalue weighted by Crippen LogP contribution is -2.37. The Balaban J connectivity index is 2.34. The Kier molecular flexibility index (Phi) is 6.73. The molecule has 5 heteroatoms. The molecule has 0 aromatic heterocycles. The lowest BCUT2D eigenvalue weighted by Gasteiger charge is -2.10. The zero-order valence-corrected chi connectivity index (χ0v) is 12.0. The second-order valence-corrected chi connectivity index (χ2v) is 4.71. The Bertz CT molecular complexity index is 443. The van der Waals surface area contributed by atoms with Crippen LogP contribution in [-0.2, 0) is 4.79 Å². The maximum absolute atomic E-state index is 11.9. The van der Waals surface area contributed by atoms with Crippen LogP contribution in [0.2, 0.25) is 0 Å². The van der Waals surface area contributed by atoms with Gasteiger partial charge in [-0.1, -0.05) is 0 Å². The minimum Gasteiger partial charge on any atom is -0.497 e. The zero-order chi connectivity index (χ0) is 15.0. The van der Waals surface area contributed by atoms with Crippen LogP contribution >= 0.6 is 0 Å². The molecule has 1 rings (SSSR count). The molecule has 3 N–H and O–H groups in total. The van der Waals surface area contributed by atoms with Crippen LogP contribution in [0, 0.1) is 0 Å². The summed E-state index contributed by atoms with van der Waals surface area (Å²) in [6, 6.07) is 6.95. The van der Waals surface area contributed by atoms with Crippen LogP contribution in [0.5, 0.6) is 5.75 Å². The molecule has 0 unspecified atom stereocenters. The Morgan fingerprint density at radius 2 is 1.90 bits per heavy atom. The van der Waals surface area contributed by atoms with Crippen molar-refractivity contribution in [1.29, 1.82) is 0 Å². The van der Waals surface area contributed by atoms with E-state index in [0.29, 0.717) is 31.4 Å². The van der Waals surface area contributed by atoms with Crippen LogP contribution in [0.1, 0.15) is 36.5 Å². The first kappa shape index (κ1) is 16.2. The number of ether oxygens (including phenoxy) is 1. The van der Waals surface area contributed by atoms with Crippen molar-refractivity contribution >= 4 is 11.7 Å². The van der Waals surface area contributed by atoms with E-state index in [1.54, 1.807) is 31.4 Å². The monoisotopic (exact) mass is 278 g/mol. The summed E-state index contributed by atoms with van der Waals surface area (Å²) in [5, 5.41) is 2.77. The second kappa shape index (κ2) is 8.32. The quantitative estimate of drug-likeness (QED) is 0.706. The summed E-state index contributed by atoms with van der Waals surface area (Å²) in [4.78, 5) is 23.4. The minimum absolute atomic E-state index is 0.0280. The fourth-order valence-electron chi connectivity index (χ4n) is 1.74. The Labute approximate surface area is 119 Å². The van der Waals surface area contributed by atoms with E-state index in [2.05, 4.69) is 5.32 Å². The van der Waals surface area contributed by atoms with Gasteiger partial charge in [-0.2, -0.15) is 0 Å². The number of rotatable bonds is 8. The van der Waals surface area contributed by atoms with Gasteiger partial charge in [0.05, 0.1) is 7.11 Å². The van der Waals surface area contributed by atoms with Gasteiger partial charge in [0.15, 0.2) is 5.78 Å². The highest BCUT2D eigenvalue weighted by molar-refractivity contribution is 5.96. The first-order valence-corrected chi connectivity index (χ1v) is 6.73. The Morgan fingerprint density at radius 1 is 1.25 bits per heavy atom. The third kappa shape index (κ3) is 5.40. The second-order valence-electron chi connectivity index (χ2n) is 4.71. The van der Waals surface area contributed by atoms with Gasteiger partial charge in [0, 0.05) is 31.0 Å². The van der Waals surface area contributed by atoms with Crippen molar-refractivity contribution in [2.45, 2.75) is 32.2 Å². The third-order valence-corrected chi connectivity index (χ3v) is 2.98. The fourth-order valence-corrected chi connectivity index (χ4v) is 1.74. The highest BCUT2D eigenvalue weighted by Gasteiger charge is 2.09. The van der Waals surface area contributed by atoms with E-state index in [9.17, 15) is 9.59 Å². The topological polar surface area (TPSA) is 81.4 Å². The number of ketones is 1. The molecule has 110 valence electrons. The van der Waals surface area contributed by atoms with Crippen LogP contribution in [0.4, 0.5) is 0 Å². The molecule has 0 bridgehead atoms. The maximum Gasteiger partial charge on any atom is 0.220 e. The molecule has 1 aromatic carbocycles. The molecule has 0 saturated carbocycles. The number of carbonyl (C=O) groups excluding carboxylic acids is 2. The standard InChI is InChI=1S/C15H22N2O3/c1-11(10-16)17-15(19)5-3-4-14(18)12-6-8-13(20-2)9-7-12/h6-9,11H,3-5,10,16H2,1-2H3,(H,17,19)/t11-/m0/s1. The minimum atomic E-state index is -0.0644. The molecule has 0 aliphatic carbocycles. The van der Waals surface area contributed by atoms with Crippen LogP contribution in [0.3, 0.4) is 0 Å². The normalized spacial score (nSPS) is 11.8. The lowest BCUT2D eigenvalue weighted by molar-refractivity contribution is -0.121. The molecular weight excluding hydrogens is 256 g/mol. The smallest absolute Gasteiger partial charge is 0.220 e. The van der Waals surface area contributed by atoms with E-state index in [-0.39, 0.29) is 17.7 Å². The first-order chi connectivity index (χ1) is 9.56. The molecular formula is C15H22N2O3. The third-order valence-electron chi connectivity index (χ3n) is 2.98. The number of amides is 1. The van der Waals surface area contributed by atoms with Gasteiger partial charge >= 0.3 is 0 Å². The summed E-state index contributed by atoms with van der Waals surface area (Å²) in [6.07, 6.45) is 1.23. The van der Waals surface area contributed by atoms with E-state index in [0.717, 1.165) is 5.75 Å². The largest absolute Gasteiger partial charge is 0.497 e. The van der Waals surface area contributed by atoms with Gasteiger partial charge in [0.25, 0.3) is 0 Å². The average molecular weight is 278 g/mol. The summed E-state index contributed by atoms with van der Waals surface area (Å²) in [5.41, 5.74) is 6.06. The molecule has 0 radical (unpaired) electrons. The molecule has 0 aliphatic rings. The number of carbonyl (C=O) groups is 2. The van der Waals surface area contributed by atoms with Crippen molar-refractivity contribution in [2.75, 3.05) is 13.7 Å². The van der Waals surface area contributed by atoms with E-state index in [1.807, 2.05) is 6.92 Å². The van der Waals surface area contributed by atoms with Crippen molar-refractivity contribution in [3.05, 3.63) is 29.8 Å². The summed E-state index contributed by atoms with van der Waals surface area (Å²) in [6.45, 7) is 2.26. The van der Waals surface area contributed by atoms with Crippen molar-refractivity contribution in [1.82, 2.24) is 5.32 Å². The van der Waals surface area contributed by atoms with Crippen LogP contribution in [-0.4, -0.2) is 31.4 Å². The van der Waals surface area contributed by atoms with Gasteiger partial charge in [-0.15, -0.1) is 0 Å². The summed E-state index contributed by atoms with van der Waals surface area (Å²) >= 11 is 0. The zero-order valence-electron chi connectivity index (χ0n) is 12.0. The van der Waals surface area contributed by atoms with E-state index >= 15 is 0 Å². The maximum atomic E-state index is 11.9. The lowest BCUT2D eigenvalue weighted by atomic mass is 10.1. The number of hydrogen-bond donors (Lipinski definition) is 2. The molecule has 1 amide bonds. The van der Waals surface area contributed by atoms with Gasteiger partial charge in [0.1, 0.15) is 5.75 Å². The van der Waals surface area contributed by atoms with Crippen molar-refractivity contribution in [2.24, 2.45) is 5.73 Å². The first-order valence-electron chi connectivity index (χ1n) is 6.73. The number of nitrogens with two attached hydrogens (primary N) is 1. The SMILES string of the molecule is COc1ccc(C(=O)CCCC(=O)N[C@@H](C)CN)cc1. The summed E-state index contributed by atoms with van der Waals surface area (Å²) in [7, 11) is 1.58. The summed E-state index contributed by atoms with van der Waals surface area (Å²) in [5.74, 6) is 0.689. The Morgan fingerprint density at radius 3 is 2.45 bits per heavy atom. The average Bonchev–Trinajstić information content (AvgIpc) is 2.47. The molecule has 20 heavy (non-hydrogen) atoms. The van der Waals surface area contributed by atoms with Gasteiger partial charge < -0.3 is 15.8 Å². The van der Waals surface area contributed by atoms with Crippen molar-refractivity contribution in [3.63, 3.8) is 0 Å². The van der Waals surface area contributed by atoms with Gasteiger partial charge in [-0.25, -0.2) is 0 Å². The highest BCUT2D eigenvalue weighted by atomic mass is 16.5. The fraction of sp³-hybridized carbons (Fsp3) is 0.467. The molecule has 1 atom stereocenters. The summed E-state index contributed by atoms with van der Waals surface area (Å²) < 4.78 is 5.03. The van der Waals surface area contributed by atoms with Gasteiger partial charge in [-0.05, 0) is 37.6 Å². The van der Waals surface area contributed by atoms with Gasteiger partial charge in [0.2, 0.25) is 5.91 Å². The van der Waals surface area contributed by atoms with E-state index in [4.69, 9.17) is 10.5 Å². The predicted octanol–water partition coefficient (Wildman–Crippen LogP) is 1.51. The number of benzene rings is 1. The molecule has 1 aromatic rings. The Hall–Kier alpha value is -1.88. The van der Waals surface area contributed by atoms with Crippen LogP contribution < -0.4 is 15.8 Å². The van der Waals surface area contributed by atoms with Crippen LogP contribution in [0.25, 0.3) is 0 Å². The molecule has 0 aliphatic heterocycles. The number of Topliss-reactive ketones (excluding diaryl/α,β-unsaturated/α-hetero) is 1. The number of nitrogens with one attached hydrogen (secondary N) is 1. The molecule has 0 spiro atoms. The molecule has 0 fully saturated rings. The highest BCUT2D eigenvalue weighted by Crippen LogP contribution is 2.13. The van der Waals surface area contributed by atoms with Crippen molar-refractivity contribution in [3.8, 4) is 5.75 Å². The van der Waals surface area contributed by atoms with E-state index in [1.165, 1.54) is 0 Å². The molecule has 5 nitrogen and oxygen atoms in total. The molecule has 0 saturated heterocycles. The molecule has 0 heterocycles. The van der Waals surface area contributed by atoms with E-state index < -0.39 is 0 Å². The number of hydrogen-bond acceptors (Lipinski definition) is 4. The predicted molar refractivity (Wildman–Crippen MR) is 77.8 cm³/mol. The van der Waals surface area contributed by atoms with Crippen molar-refractivity contribution < 1.29 is 14.3 Å².